The van der Waals surface area contributed by atoms with Crippen LogP contribution in [0.3, 0.4) is 0 Å². The number of oxazole rings is 2. The quantitative estimate of drug-likeness (QED) is 0.116. The van der Waals surface area contributed by atoms with Gasteiger partial charge in [0, 0.05) is 22.5 Å². The number of halogens is 6. The molecule has 0 spiro atoms. The zero-order valence-electron chi connectivity index (χ0n) is 28.2. The molecule has 0 saturated heterocycles. The topological polar surface area (TPSA) is 123 Å². The molecule has 4 N–H and O–H groups in total. The van der Waals surface area contributed by atoms with Crippen molar-refractivity contribution in [1.29, 1.82) is 0 Å². The molecule has 14 heteroatoms. The van der Waals surface area contributed by atoms with Gasteiger partial charge in [0.25, 0.3) is 0 Å². The summed E-state index contributed by atoms with van der Waals surface area (Å²) in [4.78, 5) is 8.52. The second-order valence-electron chi connectivity index (χ2n) is 12.5. The Bertz CT molecular complexity index is 2450. The summed E-state index contributed by atoms with van der Waals surface area (Å²) in [6.45, 7) is 0. The Hall–Kier alpha value is -6.96. The smallest absolute Gasteiger partial charge is 0.411 e. The first-order valence-corrected chi connectivity index (χ1v) is 16.5. The van der Waals surface area contributed by atoms with Crippen LogP contribution >= 0.6 is 0 Å². The van der Waals surface area contributed by atoms with Crippen LogP contribution in [0.15, 0.2) is 142 Å². The zero-order chi connectivity index (χ0) is 38.5. The molecule has 0 saturated carbocycles. The lowest BCUT2D eigenvalue weighted by Gasteiger charge is -2.38. The Balaban J connectivity index is 1.12. The van der Waals surface area contributed by atoms with Crippen LogP contribution in [0.4, 0.5) is 37.7 Å². The maximum absolute atomic E-state index is 15.2. The van der Waals surface area contributed by atoms with E-state index in [9.17, 15) is 0 Å². The summed E-state index contributed by atoms with van der Waals surface area (Å²) in [6, 6.07) is 31.3. The molecule has 8 aromatic rings. The summed E-state index contributed by atoms with van der Waals surface area (Å²) in [5, 5.41) is 0. The Morgan fingerprint density at radius 1 is 0.436 bits per heavy atom. The third-order valence-electron chi connectivity index (χ3n) is 8.93. The predicted octanol–water partition coefficient (Wildman–Crippen LogP) is 11.5. The van der Waals surface area contributed by atoms with E-state index < -0.39 is 28.9 Å². The highest BCUT2D eigenvalue weighted by molar-refractivity contribution is 5.80. The van der Waals surface area contributed by atoms with Crippen LogP contribution in [-0.4, -0.2) is 22.3 Å². The molecule has 0 atom stereocenters. The van der Waals surface area contributed by atoms with Gasteiger partial charge in [-0.1, -0.05) is 12.1 Å². The number of fused-ring (bicyclic) bond motifs is 2. The van der Waals surface area contributed by atoms with Crippen LogP contribution in [0.5, 0.6) is 23.0 Å². The van der Waals surface area contributed by atoms with Gasteiger partial charge in [0.1, 0.15) is 34.0 Å². The molecule has 8 nitrogen and oxygen atoms in total. The highest BCUT2D eigenvalue weighted by Crippen LogP contribution is 2.57. The van der Waals surface area contributed by atoms with Crippen molar-refractivity contribution in [3.63, 3.8) is 0 Å². The van der Waals surface area contributed by atoms with Crippen LogP contribution in [0.1, 0.15) is 11.1 Å². The highest BCUT2D eigenvalue weighted by atomic mass is 19.4. The summed E-state index contributed by atoms with van der Waals surface area (Å²) in [7, 11) is 0. The Morgan fingerprint density at radius 2 is 0.764 bits per heavy atom. The van der Waals surface area contributed by atoms with Crippen molar-refractivity contribution < 1.29 is 44.7 Å². The van der Waals surface area contributed by atoms with Crippen LogP contribution in [0.25, 0.3) is 45.1 Å². The number of ether oxygens (including phenoxy) is 2. The van der Waals surface area contributed by atoms with Crippen LogP contribution in [0.2, 0.25) is 0 Å². The number of hydrogen-bond acceptors (Lipinski definition) is 8. The van der Waals surface area contributed by atoms with Crippen molar-refractivity contribution >= 4 is 33.6 Å². The van der Waals surface area contributed by atoms with Crippen molar-refractivity contribution in [2.45, 2.75) is 17.8 Å². The first-order valence-electron chi connectivity index (χ1n) is 16.5. The van der Waals surface area contributed by atoms with Gasteiger partial charge in [-0.3, -0.25) is 0 Å². The van der Waals surface area contributed by atoms with Gasteiger partial charge < -0.3 is 29.8 Å². The normalized spacial score (nSPS) is 12.3. The molecule has 6 aromatic carbocycles. The van der Waals surface area contributed by atoms with Gasteiger partial charge in [0.15, 0.2) is 11.2 Å². The number of nitrogens with two attached hydrogens (primary N) is 2. The van der Waals surface area contributed by atoms with Crippen molar-refractivity contribution in [3.8, 4) is 45.9 Å². The fraction of sp³-hybridized carbons (Fsp3) is 0.0732. The van der Waals surface area contributed by atoms with Gasteiger partial charge in [-0.15, -0.1) is 0 Å². The van der Waals surface area contributed by atoms with Gasteiger partial charge >= 0.3 is 12.4 Å². The molecule has 0 aliphatic heterocycles. The first-order chi connectivity index (χ1) is 26.3. The molecular formula is C41H26F6N4O4. The van der Waals surface area contributed by atoms with E-state index in [0.29, 0.717) is 45.5 Å². The number of hydrogen-bond donors (Lipinski definition) is 2. The molecule has 0 bridgehead atoms. The lowest BCUT2D eigenvalue weighted by atomic mass is 9.72. The van der Waals surface area contributed by atoms with E-state index in [1.165, 1.54) is 0 Å². The molecule has 55 heavy (non-hydrogen) atoms. The lowest BCUT2D eigenvalue weighted by molar-refractivity contribution is -0.288. The summed E-state index contributed by atoms with van der Waals surface area (Å²) in [5.41, 5.74) is 6.25. The molecule has 276 valence electrons. The standard InChI is InChI=1S/C41H26F6N4O4/c42-40(43,44)39(41(45,46)47,25-5-19-35-33(21-25)50-37(54-35)23-1-11-29(12-2-23)52-31-15-7-27(48)8-16-31)26-6-20-36-34(22-26)51-38(55-36)24-3-13-30(14-4-24)53-32-17-9-28(49)10-18-32/h1-22H,48-49H2. The van der Waals surface area contributed by atoms with E-state index in [2.05, 4.69) is 9.97 Å². The van der Waals surface area contributed by atoms with Gasteiger partial charge in [0.05, 0.1) is 0 Å². The molecular weight excluding hydrogens is 726 g/mol. The van der Waals surface area contributed by atoms with Crippen molar-refractivity contribution in [3.05, 3.63) is 145 Å². The van der Waals surface area contributed by atoms with Gasteiger partial charge in [-0.25, -0.2) is 9.97 Å². The number of anilines is 2. The molecule has 0 unspecified atom stereocenters. The maximum Gasteiger partial charge on any atom is 0.411 e. The third-order valence-corrected chi connectivity index (χ3v) is 8.93. The van der Waals surface area contributed by atoms with E-state index in [0.717, 1.165) is 36.4 Å². The summed E-state index contributed by atoms with van der Waals surface area (Å²) in [5.74, 6) is 1.95. The molecule has 0 fully saturated rings. The SMILES string of the molecule is Nc1ccc(Oc2ccc(-c3nc4cc(C(c5ccc6oc(-c7ccc(Oc8ccc(N)cc8)cc7)nc6c5)(C(F)(F)F)C(F)(F)F)ccc4o3)cc2)cc1. The Morgan fingerprint density at radius 3 is 1.09 bits per heavy atom. The molecule has 8 rings (SSSR count). The number of alkyl halides is 6. The molecule has 0 amide bonds. The zero-order valence-corrected chi connectivity index (χ0v) is 28.2. The number of benzene rings is 6. The van der Waals surface area contributed by atoms with Gasteiger partial charge in [0.2, 0.25) is 17.2 Å². The maximum atomic E-state index is 15.2. The minimum absolute atomic E-state index is 0.0133. The van der Waals surface area contributed by atoms with E-state index in [1.807, 2.05) is 0 Å². The van der Waals surface area contributed by atoms with Crippen LogP contribution in [0, 0.1) is 0 Å². The fourth-order valence-corrected chi connectivity index (χ4v) is 6.23. The second kappa shape index (κ2) is 13.2. The second-order valence-corrected chi connectivity index (χ2v) is 12.5. The summed E-state index contributed by atoms with van der Waals surface area (Å²) < 4.78 is 114. The summed E-state index contributed by atoms with van der Waals surface area (Å²) in [6.07, 6.45) is -11.7. The van der Waals surface area contributed by atoms with Crippen LogP contribution < -0.4 is 20.9 Å². The highest BCUT2D eigenvalue weighted by Gasteiger charge is 2.72. The molecule has 2 heterocycles. The number of nitrogen functional groups attached to an aromatic ring is 2. The minimum Gasteiger partial charge on any atom is -0.457 e. The molecule has 0 aliphatic carbocycles. The van der Waals surface area contributed by atoms with Crippen molar-refractivity contribution in [2.75, 3.05) is 11.5 Å². The minimum atomic E-state index is -5.85. The Kier molecular flexibility index (Phi) is 8.40. The number of rotatable bonds is 8. The Labute approximate surface area is 307 Å². The molecule has 0 aliphatic rings. The fourth-order valence-electron chi connectivity index (χ4n) is 6.23. The number of nitrogens with zero attached hydrogens (tertiary/aromatic N) is 2. The van der Waals surface area contributed by atoms with E-state index in [-0.39, 0.29) is 34.0 Å². The van der Waals surface area contributed by atoms with Crippen LogP contribution in [-0.2, 0) is 5.41 Å². The third kappa shape index (κ3) is 6.51. The van der Waals surface area contributed by atoms with E-state index >= 15 is 26.3 Å². The van der Waals surface area contributed by atoms with Gasteiger partial charge in [-0.05, 0) is 132 Å². The summed E-state index contributed by atoms with van der Waals surface area (Å²) >= 11 is 0. The number of aromatic nitrogens is 2. The largest absolute Gasteiger partial charge is 0.457 e. The average Bonchev–Trinajstić information content (AvgIpc) is 3.78. The van der Waals surface area contributed by atoms with Gasteiger partial charge in [-0.2, -0.15) is 26.3 Å². The predicted molar refractivity (Wildman–Crippen MR) is 194 cm³/mol. The van der Waals surface area contributed by atoms with Crippen molar-refractivity contribution in [1.82, 2.24) is 9.97 Å². The average molecular weight is 753 g/mol. The van der Waals surface area contributed by atoms with Crippen molar-refractivity contribution in [2.24, 2.45) is 0 Å². The lowest BCUT2D eigenvalue weighted by Crippen LogP contribution is -2.54. The van der Waals surface area contributed by atoms with E-state index in [1.54, 1.807) is 97.1 Å². The monoisotopic (exact) mass is 752 g/mol. The molecule has 0 radical (unpaired) electrons. The van der Waals surface area contributed by atoms with E-state index in [4.69, 9.17) is 29.8 Å². The first kappa shape index (κ1) is 35.1. The molecule has 2 aromatic heterocycles.